The van der Waals surface area contributed by atoms with Crippen LogP contribution < -0.4 is 16.3 Å². The number of ether oxygens (including phenoxy) is 2. The Morgan fingerprint density at radius 3 is 2.46 bits per heavy atom. The molecule has 1 fully saturated rings. The summed E-state index contributed by atoms with van der Waals surface area (Å²) < 4.78 is 53.1. The number of methoxy groups -OCH3 is 1. The number of rotatable bonds is 10. The molecule has 1 amide bonds. The number of anilines is 2. The van der Waals surface area contributed by atoms with Crippen LogP contribution in [-0.4, -0.2) is 91.2 Å². The molecular weight excluding hydrogens is 673 g/mol. The molecule has 6 N–H and O–H groups in total. The Bertz CT molecular complexity index is 2090. The lowest BCUT2D eigenvalue weighted by molar-refractivity contribution is -0.374. The van der Waals surface area contributed by atoms with Gasteiger partial charge in [0.2, 0.25) is 0 Å². The lowest BCUT2D eigenvalue weighted by Crippen LogP contribution is -2.49. The van der Waals surface area contributed by atoms with E-state index in [-0.39, 0.29) is 74.1 Å². The largest absolute Gasteiger partial charge is 0.504 e. The lowest BCUT2D eigenvalue weighted by atomic mass is 10.1. The summed E-state index contributed by atoms with van der Waals surface area (Å²) in [5.74, 6) is 0.286. The fourth-order valence-electron chi connectivity index (χ4n) is 5.80. The number of amides is 1. The number of halogens is 3. The van der Waals surface area contributed by atoms with Gasteiger partial charge in [-0.25, -0.2) is 24.1 Å². The molecule has 0 aliphatic carbocycles. The summed E-state index contributed by atoms with van der Waals surface area (Å²) in [5, 5.41) is 54.2. The van der Waals surface area contributed by atoms with E-state index in [0.717, 1.165) is 30.3 Å². The van der Waals surface area contributed by atoms with Crippen LogP contribution in [0.15, 0.2) is 41.6 Å². The number of imidazole rings is 1. The topological polar surface area (TPSA) is 229 Å². The van der Waals surface area contributed by atoms with Gasteiger partial charge in [0, 0.05) is 44.0 Å². The van der Waals surface area contributed by atoms with Gasteiger partial charge in [-0.15, -0.1) is 13.2 Å². The molecule has 5 aromatic rings. The second kappa shape index (κ2) is 13.0. The molecule has 1 saturated heterocycles. The van der Waals surface area contributed by atoms with Gasteiger partial charge in [0.25, 0.3) is 0 Å². The van der Waals surface area contributed by atoms with Gasteiger partial charge in [-0.2, -0.15) is 14.9 Å². The highest BCUT2D eigenvalue weighted by molar-refractivity contribution is 5.91. The highest BCUT2D eigenvalue weighted by Gasteiger charge is 2.34. The van der Waals surface area contributed by atoms with Gasteiger partial charge >= 0.3 is 24.2 Å². The van der Waals surface area contributed by atoms with Crippen molar-refractivity contribution in [1.29, 1.82) is 0 Å². The predicted octanol–water partition coefficient (Wildman–Crippen LogP) is 1.77. The normalized spacial score (nSPS) is 15.8. The molecule has 1 unspecified atom stereocenters. The van der Waals surface area contributed by atoms with Crippen molar-refractivity contribution in [3.63, 3.8) is 0 Å². The van der Waals surface area contributed by atoms with Crippen molar-refractivity contribution in [3.8, 4) is 11.3 Å². The number of nitrogens with zero attached hydrogens (tertiary/aromatic N) is 8. The third-order valence-electron chi connectivity index (χ3n) is 8.43. The molecule has 5 aromatic heterocycles. The monoisotopic (exact) mass is 706 g/mol. The highest BCUT2D eigenvalue weighted by atomic mass is 19.4. The Hall–Kier alpha value is -5.09. The smallest absolute Gasteiger partial charge is 0.453 e. The predicted molar refractivity (Wildman–Crippen MR) is 166 cm³/mol. The zero-order valence-corrected chi connectivity index (χ0v) is 26.6. The van der Waals surface area contributed by atoms with Crippen LogP contribution >= 0.6 is 0 Å². The maximum Gasteiger partial charge on any atom is 0.504 e. The Balaban J connectivity index is 1.39. The van der Waals surface area contributed by atoms with Crippen molar-refractivity contribution in [1.82, 2.24) is 44.0 Å². The second-order valence-corrected chi connectivity index (χ2v) is 11.6. The number of aryl methyl sites for hydroxylation is 1. The third kappa shape index (κ3) is 6.72. The number of hydrogen-bond acceptors (Lipinski definition) is 13. The molecule has 18 nitrogen and oxygen atoms in total. The fourth-order valence-corrected chi connectivity index (χ4v) is 5.80. The first kappa shape index (κ1) is 34.8. The molecule has 0 saturated carbocycles. The van der Waals surface area contributed by atoms with E-state index in [2.05, 4.69) is 35.5 Å². The van der Waals surface area contributed by atoms with Gasteiger partial charge in [-0.1, -0.05) is 6.92 Å². The van der Waals surface area contributed by atoms with Crippen molar-refractivity contribution in [2.24, 2.45) is 0 Å². The van der Waals surface area contributed by atoms with Crippen molar-refractivity contribution in [2.75, 3.05) is 25.6 Å². The number of aromatic nitrogens is 8. The van der Waals surface area contributed by atoms with Crippen LogP contribution in [0.3, 0.4) is 0 Å². The average molecular weight is 707 g/mol. The van der Waals surface area contributed by atoms with E-state index in [1.54, 1.807) is 23.7 Å². The Morgan fingerprint density at radius 2 is 1.82 bits per heavy atom. The van der Waals surface area contributed by atoms with Crippen LogP contribution in [-0.2, 0) is 28.4 Å². The molecule has 0 spiro atoms. The van der Waals surface area contributed by atoms with Gasteiger partial charge in [0.05, 0.1) is 42.1 Å². The van der Waals surface area contributed by atoms with E-state index in [9.17, 15) is 43.2 Å². The van der Waals surface area contributed by atoms with Crippen LogP contribution in [0, 0.1) is 0 Å². The molecule has 0 bridgehead atoms. The Kier molecular flexibility index (Phi) is 9.03. The van der Waals surface area contributed by atoms with Crippen molar-refractivity contribution in [2.45, 2.75) is 63.3 Å². The van der Waals surface area contributed by atoms with Crippen LogP contribution in [0.2, 0.25) is 0 Å². The van der Waals surface area contributed by atoms with Crippen LogP contribution in [0.1, 0.15) is 38.6 Å². The van der Waals surface area contributed by atoms with E-state index in [1.807, 2.05) is 0 Å². The third-order valence-corrected chi connectivity index (χ3v) is 8.43. The lowest BCUT2D eigenvalue weighted by Gasteiger charge is -2.27. The first-order valence-electron chi connectivity index (χ1n) is 15.4. The molecule has 21 heteroatoms. The zero-order valence-electron chi connectivity index (χ0n) is 26.6. The van der Waals surface area contributed by atoms with Crippen LogP contribution in [0.5, 0.6) is 0 Å². The minimum atomic E-state index is -4.74. The van der Waals surface area contributed by atoms with Crippen LogP contribution in [0.4, 0.5) is 29.6 Å². The molecule has 0 radical (unpaired) electrons. The average Bonchev–Trinajstić information content (AvgIpc) is 3.78. The minimum absolute atomic E-state index is 0.0199. The Labute approximate surface area is 279 Å². The number of alkyl carbamates (subject to hydrolysis) is 1. The maximum atomic E-state index is 13.4. The summed E-state index contributed by atoms with van der Waals surface area (Å²) >= 11 is 0. The summed E-state index contributed by atoms with van der Waals surface area (Å²) in [6, 6.07) is 4.57. The van der Waals surface area contributed by atoms with E-state index in [4.69, 9.17) is 4.74 Å². The number of carbonyl (C=O) groups excluding carboxylic acids is 1. The summed E-state index contributed by atoms with van der Waals surface area (Å²) in [4.78, 5) is 34.0. The van der Waals surface area contributed by atoms with Gasteiger partial charge in [0.1, 0.15) is 28.6 Å². The van der Waals surface area contributed by atoms with E-state index < -0.39 is 29.9 Å². The summed E-state index contributed by atoms with van der Waals surface area (Å²) in [7, 11) is 1.11. The van der Waals surface area contributed by atoms with Crippen LogP contribution in [0.25, 0.3) is 33.3 Å². The number of carbonyl (C=O) groups is 1. The number of pyridine rings is 2. The summed E-state index contributed by atoms with van der Waals surface area (Å²) in [6.07, 6.45) is -5.26. The quantitative estimate of drug-likeness (QED) is 0.114. The molecule has 6 rings (SSSR count). The second-order valence-electron chi connectivity index (χ2n) is 11.6. The zero-order chi connectivity index (χ0) is 36.0. The molecule has 1 aliphatic rings. The van der Waals surface area contributed by atoms with Gasteiger partial charge in [0.15, 0.2) is 0 Å². The van der Waals surface area contributed by atoms with Gasteiger partial charge in [-0.05, 0) is 31.4 Å². The summed E-state index contributed by atoms with van der Waals surface area (Å²) in [6.45, 7) is 2.29. The van der Waals surface area contributed by atoms with Gasteiger partial charge in [-0.3, -0.25) is 14.6 Å². The number of hydrogen-bond donors (Lipinski definition) is 6. The molecule has 1 aliphatic heterocycles. The number of nitrogens with one attached hydrogen (secondary N) is 2. The number of aliphatic hydroxyl groups is 4. The highest BCUT2D eigenvalue weighted by Crippen LogP contribution is 2.34. The summed E-state index contributed by atoms with van der Waals surface area (Å²) in [5.41, 5.74) is -1.97. The van der Waals surface area contributed by atoms with Crippen molar-refractivity contribution >= 4 is 39.8 Å². The standard InChI is InChI=1S/C29H33F3N10O8/c1-3-27(45,37-25(43)49-2)8-9-39-19-12-22(33-14-20(19)41(26(39)44)29(46,47)48)35-21-5-4-18-24(36-21)23(16-13-34-40(15-16)28(30,31)32)38-42(18)17-6-10-50-11-7-17/h4-5,12-15,17,45-48H,3,6-11H2,1-2H3,(H,37,43)(H,33,35,36). The minimum Gasteiger partial charge on any atom is -0.453 e. The fraction of sp³-hybridized carbons (Fsp3) is 0.448. The number of alkyl halides is 3. The van der Waals surface area contributed by atoms with E-state index >= 15 is 0 Å². The van der Waals surface area contributed by atoms with Gasteiger partial charge < -0.3 is 35.2 Å². The van der Waals surface area contributed by atoms with Crippen molar-refractivity contribution in [3.05, 3.63) is 47.3 Å². The molecular formula is C29H33F3N10O8. The molecule has 50 heavy (non-hydrogen) atoms. The molecule has 6 heterocycles. The molecule has 0 aromatic carbocycles. The van der Waals surface area contributed by atoms with E-state index in [1.165, 1.54) is 6.07 Å². The molecule has 268 valence electrons. The maximum absolute atomic E-state index is 13.4. The SMILES string of the molecule is CCC(O)(CCn1c(=O)n(C(O)(O)O)c2cnc(Nc3ccc4c(n3)c(-c3cnn(C(F)(F)F)c3)nn4C3CCOCC3)cc21)NC(=O)OC. The first-order chi connectivity index (χ1) is 23.6. The van der Waals surface area contributed by atoms with E-state index in [0.29, 0.717) is 31.6 Å². The Morgan fingerprint density at radius 1 is 1.08 bits per heavy atom. The number of fused-ring (bicyclic) bond motifs is 2. The first-order valence-corrected chi connectivity index (χ1v) is 15.4. The van der Waals surface area contributed by atoms with Crippen molar-refractivity contribution < 1.29 is 47.9 Å². The molecule has 1 atom stereocenters.